The highest BCUT2D eigenvalue weighted by Crippen LogP contribution is 2.50. The van der Waals surface area contributed by atoms with Crippen molar-refractivity contribution in [3.05, 3.63) is 70.2 Å². The fourth-order valence-corrected chi connectivity index (χ4v) is 4.42. The molecule has 2 atom stereocenters. The van der Waals surface area contributed by atoms with Gasteiger partial charge in [-0.15, -0.1) is 0 Å². The van der Waals surface area contributed by atoms with Crippen LogP contribution in [0.3, 0.4) is 0 Å². The van der Waals surface area contributed by atoms with E-state index in [0.29, 0.717) is 0 Å². The Morgan fingerprint density at radius 3 is 2.18 bits per heavy atom. The van der Waals surface area contributed by atoms with E-state index in [2.05, 4.69) is 40.2 Å². The van der Waals surface area contributed by atoms with Gasteiger partial charge < -0.3 is 18.9 Å². The number of fused-ring (bicyclic) bond motifs is 1. The summed E-state index contributed by atoms with van der Waals surface area (Å²) in [4.78, 5) is 0. The second kappa shape index (κ2) is 7.39. The molecule has 1 fully saturated rings. The van der Waals surface area contributed by atoms with Crippen LogP contribution < -0.4 is 9.47 Å². The smallest absolute Gasteiger partial charge is 0.164 e. The van der Waals surface area contributed by atoms with E-state index in [4.69, 9.17) is 18.9 Å². The maximum atomic E-state index is 6.34. The molecule has 4 rings (SSSR count). The summed E-state index contributed by atoms with van der Waals surface area (Å²) in [5, 5.41) is 2.33. The molecule has 3 aromatic rings. The Kier molecular flexibility index (Phi) is 5.08. The minimum atomic E-state index is -0.712. The van der Waals surface area contributed by atoms with Gasteiger partial charge in [-0.2, -0.15) is 0 Å². The minimum absolute atomic E-state index is 0.272. The molecule has 5 heteroatoms. The molecule has 1 aliphatic heterocycles. The normalized spacial score (nSPS) is 21.0. The maximum Gasteiger partial charge on any atom is 0.164 e. The van der Waals surface area contributed by atoms with Crippen molar-refractivity contribution in [1.29, 1.82) is 0 Å². The molecule has 0 aromatic heterocycles. The van der Waals surface area contributed by atoms with E-state index in [1.165, 1.54) is 5.39 Å². The third-order valence-electron chi connectivity index (χ3n) is 5.00. The first-order valence-electron chi connectivity index (χ1n) is 9.17. The van der Waals surface area contributed by atoms with Crippen LogP contribution in [0.1, 0.15) is 37.2 Å². The highest BCUT2D eigenvalue weighted by molar-refractivity contribution is 9.10. The highest BCUT2D eigenvalue weighted by atomic mass is 79.9. The van der Waals surface area contributed by atoms with Gasteiger partial charge in [-0.25, -0.2) is 0 Å². The summed E-state index contributed by atoms with van der Waals surface area (Å²) in [5.74, 6) is 0.731. The zero-order chi connectivity index (χ0) is 19.9. The fraction of sp³-hybridized carbons (Fsp3) is 0.304. The van der Waals surface area contributed by atoms with Gasteiger partial charge in [0.05, 0.1) is 14.2 Å². The van der Waals surface area contributed by atoms with Crippen LogP contribution in [0, 0.1) is 0 Å². The SMILES string of the molecule is COc1cc(OC)cc([C@H]2OC(C)(C)O[C@@H]2c2ccc3ccccc3c2Br)c1. The van der Waals surface area contributed by atoms with Gasteiger partial charge in [0.25, 0.3) is 0 Å². The van der Waals surface area contributed by atoms with Crippen LogP contribution in [0.25, 0.3) is 10.8 Å². The third kappa shape index (κ3) is 3.50. The number of ether oxygens (including phenoxy) is 4. The van der Waals surface area contributed by atoms with Crippen molar-refractivity contribution < 1.29 is 18.9 Å². The molecule has 28 heavy (non-hydrogen) atoms. The second-order valence-electron chi connectivity index (χ2n) is 7.31. The first kappa shape index (κ1) is 19.2. The lowest BCUT2D eigenvalue weighted by Gasteiger charge is -2.21. The van der Waals surface area contributed by atoms with Gasteiger partial charge >= 0.3 is 0 Å². The lowest BCUT2D eigenvalue weighted by molar-refractivity contribution is -0.147. The Balaban J connectivity index is 1.83. The van der Waals surface area contributed by atoms with Crippen LogP contribution >= 0.6 is 15.9 Å². The zero-order valence-corrected chi connectivity index (χ0v) is 17.9. The van der Waals surface area contributed by atoms with Gasteiger partial charge in [-0.1, -0.05) is 36.4 Å². The van der Waals surface area contributed by atoms with Crippen molar-refractivity contribution in [3.63, 3.8) is 0 Å². The molecule has 0 saturated carbocycles. The number of halogens is 1. The third-order valence-corrected chi connectivity index (χ3v) is 5.88. The molecule has 1 heterocycles. The summed E-state index contributed by atoms with van der Waals surface area (Å²) in [7, 11) is 3.29. The lowest BCUT2D eigenvalue weighted by Crippen LogP contribution is -2.20. The average Bonchev–Trinajstić information content (AvgIpc) is 3.03. The number of hydrogen-bond donors (Lipinski definition) is 0. The highest BCUT2D eigenvalue weighted by Gasteiger charge is 2.44. The largest absolute Gasteiger partial charge is 0.497 e. The Bertz CT molecular complexity index is 992. The maximum absolute atomic E-state index is 6.34. The zero-order valence-electron chi connectivity index (χ0n) is 16.4. The monoisotopic (exact) mass is 442 g/mol. The molecule has 0 spiro atoms. The molecule has 3 aromatic carbocycles. The van der Waals surface area contributed by atoms with Crippen LogP contribution in [0.15, 0.2) is 59.1 Å². The summed E-state index contributed by atoms with van der Waals surface area (Å²) in [5.41, 5.74) is 2.00. The predicted molar refractivity (Wildman–Crippen MR) is 113 cm³/mol. The Labute approximate surface area is 173 Å². The lowest BCUT2D eigenvalue weighted by atomic mass is 9.96. The molecule has 146 valence electrons. The van der Waals surface area contributed by atoms with Crippen molar-refractivity contribution in [3.8, 4) is 11.5 Å². The van der Waals surface area contributed by atoms with Crippen LogP contribution in [-0.2, 0) is 9.47 Å². The Morgan fingerprint density at radius 2 is 1.50 bits per heavy atom. The molecule has 0 amide bonds. The van der Waals surface area contributed by atoms with Gasteiger partial charge in [0.2, 0.25) is 0 Å². The van der Waals surface area contributed by atoms with Crippen LogP contribution in [-0.4, -0.2) is 20.0 Å². The van der Waals surface area contributed by atoms with Crippen LogP contribution in [0.4, 0.5) is 0 Å². The summed E-state index contributed by atoms with van der Waals surface area (Å²) in [6.07, 6.45) is -0.567. The molecule has 0 unspecified atom stereocenters. The van der Waals surface area contributed by atoms with Crippen molar-refractivity contribution >= 4 is 26.7 Å². The van der Waals surface area contributed by atoms with Gasteiger partial charge in [0, 0.05) is 10.5 Å². The van der Waals surface area contributed by atoms with Crippen LogP contribution in [0.5, 0.6) is 11.5 Å². The fourth-order valence-electron chi connectivity index (χ4n) is 3.70. The van der Waals surface area contributed by atoms with Crippen molar-refractivity contribution in [2.75, 3.05) is 14.2 Å². The van der Waals surface area contributed by atoms with Gasteiger partial charge in [0.1, 0.15) is 23.7 Å². The quantitative estimate of drug-likeness (QED) is 0.482. The van der Waals surface area contributed by atoms with Crippen molar-refractivity contribution in [1.82, 2.24) is 0 Å². The number of methoxy groups -OCH3 is 2. The molecule has 1 aliphatic rings. The molecule has 0 N–H and O–H groups in total. The van der Waals surface area contributed by atoms with Gasteiger partial charge in [-0.3, -0.25) is 0 Å². The topological polar surface area (TPSA) is 36.9 Å². The van der Waals surface area contributed by atoms with Crippen LogP contribution in [0.2, 0.25) is 0 Å². The number of rotatable bonds is 4. The van der Waals surface area contributed by atoms with Gasteiger partial charge in [-0.05, 0) is 63.8 Å². The van der Waals surface area contributed by atoms with Gasteiger partial charge in [0.15, 0.2) is 5.79 Å². The first-order chi connectivity index (χ1) is 13.4. The van der Waals surface area contributed by atoms with E-state index in [0.717, 1.165) is 32.5 Å². The Hall–Kier alpha value is -2.08. The molecular weight excluding hydrogens is 420 g/mol. The molecule has 1 saturated heterocycles. The summed E-state index contributed by atoms with van der Waals surface area (Å²) >= 11 is 3.80. The number of benzene rings is 3. The molecule has 4 nitrogen and oxygen atoms in total. The average molecular weight is 443 g/mol. The van der Waals surface area contributed by atoms with E-state index >= 15 is 0 Å². The summed E-state index contributed by atoms with van der Waals surface area (Å²) in [6, 6.07) is 18.3. The van der Waals surface area contributed by atoms with E-state index < -0.39 is 5.79 Å². The summed E-state index contributed by atoms with van der Waals surface area (Å²) in [6.45, 7) is 3.87. The van der Waals surface area contributed by atoms with Crippen molar-refractivity contribution in [2.45, 2.75) is 31.8 Å². The van der Waals surface area contributed by atoms with Crippen molar-refractivity contribution in [2.24, 2.45) is 0 Å². The van der Waals surface area contributed by atoms with E-state index in [1.807, 2.05) is 44.2 Å². The summed E-state index contributed by atoms with van der Waals surface area (Å²) < 4.78 is 24.6. The molecule has 0 radical (unpaired) electrons. The molecule has 0 aliphatic carbocycles. The predicted octanol–water partition coefficient (Wildman–Crippen LogP) is 6.18. The minimum Gasteiger partial charge on any atom is -0.497 e. The standard InChI is InChI=1S/C23H23BrO4/c1-23(2)27-21(15-11-16(25-3)13-17(12-15)26-4)22(28-23)19-10-9-14-7-5-6-8-18(14)20(19)24/h5-13,21-22H,1-4H3/t21-,22-/m1/s1. The molecule has 0 bridgehead atoms. The van der Waals surface area contributed by atoms with E-state index in [1.54, 1.807) is 14.2 Å². The molecular formula is C23H23BrO4. The number of hydrogen-bond acceptors (Lipinski definition) is 4. The second-order valence-corrected chi connectivity index (χ2v) is 8.11. The first-order valence-corrected chi connectivity index (χ1v) is 9.97. The van der Waals surface area contributed by atoms with E-state index in [-0.39, 0.29) is 12.2 Å². The Morgan fingerprint density at radius 1 is 0.857 bits per heavy atom. The van der Waals surface area contributed by atoms with E-state index in [9.17, 15) is 0 Å².